The molecule has 3 aromatic carbocycles. The maximum atomic E-state index is 14.2. The third kappa shape index (κ3) is 3.25. The number of halogens is 3. The zero-order valence-electron chi connectivity index (χ0n) is 14.5. The minimum absolute atomic E-state index is 0.0889. The molecule has 1 aromatic heterocycles. The molecule has 4 aromatic rings. The van der Waals surface area contributed by atoms with Crippen molar-refractivity contribution in [1.82, 2.24) is 4.57 Å². The summed E-state index contributed by atoms with van der Waals surface area (Å²) in [4.78, 5) is 13.2. The van der Waals surface area contributed by atoms with Crippen molar-refractivity contribution in [1.29, 1.82) is 0 Å². The molecule has 4 rings (SSSR count). The number of aromatic nitrogens is 1. The Hall–Kier alpha value is -3.18. The summed E-state index contributed by atoms with van der Waals surface area (Å²) in [5.41, 5.74) is 0.993. The number of phenolic OH excluding ortho intramolecular Hbond substituents is 1. The second-order valence-electron chi connectivity index (χ2n) is 6.41. The lowest BCUT2D eigenvalue weighted by Gasteiger charge is -2.16. The SMILES string of the molecule is O=c1c2c(Cl)cccc2cc(-c2ccc(O)cc2)n1Cc1ccc(F)cc1F. The third-order valence-corrected chi connectivity index (χ3v) is 4.91. The van der Waals surface area contributed by atoms with Crippen LogP contribution in [0.1, 0.15) is 5.56 Å². The van der Waals surface area contributed by atoms with E-state index in [9.17, 15) is 18.7 Å². The van der Waals surface area contributed by atoms with Crippen molar-refractivity contribution in [3.8, 4) is 17.0 Å². The summed E-state index contributed by atoms with van der Waals surface area (Å²) in [5, 5.41) is 10.8. The highest BCUT2D eigenvalue weighted by Crippen LogP contribution is 2.28. The molecule has 1 heterocycles. The first-order valence-electron chi connectivity index (χ1n) is 8.49. The predicted molar refractivity (Wildman–Crippen MR) is 106 cm³/mol. The molecule has 0 radical (unpaired) electrons. The van der Waals surface area contributed by atoms with Crippen molar-refractivity contribution in [3.63, 3.8) is 0 Å². The average molecular weight is 398 g/mol. The lowest BCUT2D eigenvalue weighted by atomic mass is 10.1. The van der Waals surface area contributed by atoms with Gasteiger partial charge in [0.25, 0.3) is 5.56 Å². The number of aromatic hydroxyl groups is 1. The normalized spacial score (nSPS) is 11.1. The van der Waals surface area contributed by atoms with Crippen molar-refractivity contribution >= 4 is 22.4 Å². The number of hydrogen-bond acceptors (Lipinski definition) is 2. The zero-order valence-corrected chi connectivity index (χ0v) is 15.3. The van der Waals surface area contributed by atoms with E-state index in [0.29, 0.717) is 27.1 Å². The number of fused-ring (bicyclic) bond motifs is 1. The number of phenols is 1. The molecule has 0 unspecified atom stereocenters. The summed E-state index contributed by atoms with van der Waals surface area (Å²) >= 11 is 6.24. The van der Waals surface area contributed by atoms with Crippen molar-refractivity contribution in [2.75, 3.05) is 0 Å². The average Bonchev–Trinajstić information content (AvgIpc) is 2.66. The molecule has 28 heavy (non-hydrogen) atoms. The van der Waals surface area contributed by atoms with Crippen LogP contribution in [-0.2, 0) is 6.54 Å². The molecule has 0 aliphatic carbocycles. The fourth-order valence-corrected chi connectivity index (χ4v) is 3.47. The quantitative estimate of drug-likeness (QED) is 0.506. The van der Waals surface area contributed by atoms with Gasteiger partial charge in [0.15, 0.2) is 0 Å². The Morgan fingerprint density at radius 2 is 1.71 bits per heavy atom. The summed E-state index contributed by atoms with van der Waals surface area (Å²) in [6.07, 6.45) is 0. The summed E-state index contributed by atoms with van der Waals surface area (Å²) < 4.78 is 28.9. The molecule has 0 spiro atoms. The minimum atomic E-state index is -0.734. The number of hydrogen-bond donors (Lipinski definition) is 1. The van der Waals surface area contributed by atoms with Crippen molar-refractivity contribution in [2.45, 2.75) is 6.54 Å². The van der Waals surface area contributed by atoms with Crippen molar-refractivity contribution in [3.05, 3.63) is 99.3 Å². The maximum Gasteiger partial charge on any atom is 0.260 e. The van der Waals surface area contributed by atoms with E-state index < -0.39 is 11.6 Å². The second-order valence-corrected chi connectivity index (χ2v) is 6.81. The Kier molecular flexibility index (Phi) is 4.61. The van der Waals surface area contributed by atoms with Gasteiger partial charge in [-0.15, -0.1) is 0 Å². The largest absolute Gasteiger partial charge is 0.508 e. The summed E-state index contributed by atoms with van der Waals surface area (Å²) in [7, 11) is 0. The van der Waals surface area contributed by atoms with Crippen LogP contribution in [-0.4, -0.2) is 9.67 Å². The summed E-state index contributed by atoms with van der Waals surface area (Å²) in [5.74, 6) is -1.33. The Labute approximate surface area is 164 Å². The number of pyridine rings is 1. The Morgan fingerprint density at radius 1 is 0.964 bits per heavy atom. The van der Waals surface area contributed by atoms with Gasteiger partial charge in [0.2, 0.25) is 0 Å². The van der Waals surface area contributed by atoms with Crippen LogP contribution in [0, 0.1) is 11.6 Å². The predicted octanol–water partition coefficient (Wildman–Crippen LogP) is 5.35. The van der Waals surface area contributed by atoms with Crippen molar-refractivity contribution in [2.24, 2.45) is 0 Å². The molecule has 0 saturated carbocycles. The van der Waals surface area contributed by atoms with Crippen LogP contribution < -0.4 is 5.56 Å². The number of benzene rings is 3. The standard InChI is InChI=1S/C22H14ClF2NO2/c23-18-3-1-2-14-10-20(13-5-8-17(27)9-6-13)26(22(28)21(14)18)12-15-4-7-16(24)11-19(15)25/h1-11,27H,12H2. The van der Waals surface area contributed by atoms with E-state index in [1.54, 1.807) is 36.4 Å². The first kappa shape index (κ1) is 18.2. The van der Waals surface area contributed by atoms with E-state index >= 15 is 0 Å². The fourth-order valence-electron chi connectivity index (χ4n) is 3.20. The van der Waals surface area contributed by atoms with Crippen LogP contribution in [0.25, 0.3) is 22.0 Å². The number of nitrogens with zero attached hydrogens (tertiary/aromatic N) is 1. The number of rotatable bonds is 3. The van der Waals surface area contributed by atoms with E-state index in [2.05, 4.69) is 0 Å². The van der Waals surface area contributed by atoms with Crippen LogP contribution in [0.5, 0.6) is 5.75 Å². The van der Waals surface area contributed by atoms with Crippen LogP contribution in [0.4, 0.5) is 8.78 Å². The second kappa shape index (κ2) is 7.09. The highest BCUT2D eigenvalue weighted by molar-refractivity contribution is 6.35. The molecular formula is C22H14ClF2NO2. The first-order valence-corrected chi connectivity index (χ1v) is 8.87. The topological polar surface area (TPSA) is 42.2 Å². The van der Waals surface area contributed by atoms with Gasteiger partial charge in [-0.25, -0.2) is 8.78 Å². The van der Waals surface area contributed by atoms with Gasteiger partial charge in [-0.1, -0.05) is 29.8 Å². The molecule has 0 aliphatic rings. The van der Waals surface area contributed by atoms with Crippen molar-refractivity contribution < 1.29 is 13.9 Å². The molecule has 0 aliphatic heterocycles. The smallest absolute Gasteiger partial charge is 0.260 e. The zero-order chi connectivity index (χ0) is 19.8. The molecule has 140 valence electrons. The molecule has 1 N–H and O–H groups in total. The Bertz CT molecular complexity index is 1250. The molecule has 0 saturated heterocycles. The van der Waals surface area contributed by atoms with Gasteiger partial charge in [0.1, 0.15) is 17.4 Å². The lowest BCUT2D eigenvalue weighted by molar-refractivity contribution is 0.475. The van der Waals surface area contributed by atoms with Gasteiger partial charge < -0.3 is 9.67 Å². The Balaban J connectivity index is 1.99. The molecule has 0 bridgehead atoms. The van der Waals surface area contributed by atoms with E-state index in [-0.39, 0.29) is 23.4 Å². The monoisotopic (exact) mass is 397 g/mol. The van der Waals surface area contributed by atoms with Gasteiger partial charge in [0, 0.05) is 11.6 Å². The molecule has 0 fully saturated rings. The molecule has 3 nitrogen and oxygen atoms in total. The van der Waals surface area contributed by atoms with Crippen LogP contribution in [0.2, 0.25) is 5.02 Å². The van der Waals surface area contributed by atoms with Gasteiger partial charge in [-0.2, -0.15) is 0 Å². The Morgan fingerprint density at radius 3 is 2.43 bits per heavy atom. The first-order chi connectivity index (χ1) is 13.4. The van der Waals surface area contributed by atoms with Crippen LogP contribution >= 0.6 is 11.6 Å². The molecule has 6 heteroatoms. The van der Waals surface area contributed by atoms with Crippen LogP contribution in [0.3, 0.4) is 0 Å². The van der Waals surface area contributed by atoms with Gasteiger partial charge in [-0.05, 0) is 53.4 Å². The van der Waals surface area contributed by atoms with E-state index in [4.69, 9.17) is 11.6 Å². The highest BCUT2D eigenvalue weighted by Gasteiger charge is 2.15. The molecule has 0 amide bonds. The van der Waals surface area contributed by atoms with Gasteiger partial charge >= 0.3 is 0 Å². The minimum Gasteiger partial charge on any atom is -0.508 e. The van der Waals surface area contributed by atoms with E-state index in [1.165, 1.54) is 22.8 Å². The van der Waals surface area contributed by atoms with Gasteiger partial charge in [-0.3, -0.25) is 4.79 Å². The molecular weight excluding hydrogens is 384 g/mol. The maximum absolute atomic E-state index is 14.2. The fraction of sp³-hybridized carbons (Fsp3) is 0.0455. The van der Waals surface area contributed by atoms with Gasteiger partial charge in [0.05, 0.1) is 22.6 Å². The van der Waals surface area contributed by atoms with Crippen LogP contribution in [0.15, 0.2) is 71.5 Å². The molecule has 0 atom stereocenters. The lowest BCUT2D eigenvalue weighted by Crippen LogP contribution is -2.23. The highest BCUT2D eigenvalue weighted by atomic mass is 35.5. The summed E-state index contributed by atoms with van der Waals surface area (Å²) in [6.45, 7) is -0.0949. The third-order valence-electron chi connectivity index (χ3n) is 4.59. The van der Waals surface area contributed by atoms with E-state index in [0.717, 1.165) is 12.1 Å². The van der Waals surface area contributed by atoms with E-state index in [1.807, 2.05) is 0 Å². The summed E-state index contributed by atoms with van der Waals surface area (Å²) in [6, 6.07) is 16.5.